The van der Waals surface area contributed by atoms with Crippen molar-refractivity contribution in [2.75, 3.05) is 6.61 Å². The van der Waals surface area contributed by atoms with Crippen LogP contribution in [0.3, 0.4) is 0 Å². The number of benzene rings is 1. The second-order valence-corrected chi connectivity index (χ2v) is 7.99. The van der Waals surface area contributed by atoms with E-state index in [2.05, 4.69) is 26.6 Å². The van der Waals surface area contributed by atoms with Gasteiger partial charge in [-0.1, -0.05) is 12.1 Å². The largest absolute Gasteiger partial charge is 0.506 e. The summed E-state index contributed by atoms with van der Waals surface area (Å²) >= 11 is 3.32. The van der Waals surface area contributed by atoms with Crippen molar-refractivity contribution in [3.05, 3.63) is 28.2 Å². The molecule has 1 amide bonds. The van der Waals surface area contributed by atoms with Crippen LogP contribution in [0.4, 0.5) is 4.79 Å². The molecule has 6 nitrogen and oxygen atoms in total. The van der Waals surface area contributed by atoms with E-state index in [1.165, 1.54) is 0 Å². The number of ether oxygens (including phenoxy) is 2. The van der Waals surface area contributed by atoms with E-state index in [4.69, 9.17) is 9.47 Å². The van der Waals surface area contributed by atoms with Crippen molar-refractivity contribution in [1.29, 1.82) is 0 Å². The number of alkyl carbamates (subject to hydrolysis) is 1. The summed E-state index contributed by atoms with van der Waals surface area (Å²) in [5.41, 5.74) is 0.255. The monoisotopic (exact) mass is 414 g/mol. The second kappa shape index (κ2) is 8.38. The number of nitrogens with one attached hydrogen (secondary N) is 2. The standard InChI is InChI=1S/C18H27BrN2O4/c1-5-24-14-9-13(21-17(23)25-18(2,3)4)15(14)20-10-11-7-6-8-12(19)16(11)22/h6-8,13-15,20,22H,5,9-10H2,1-4H3,(H,21,23). The van der Waals surface area contributed by atoms with Gasteiger partial charge < -0.3 is 25.2 Å². The molecule has 3 atom stereocenters. The highest BCUT2D eigenvalue weighted by atomic mass is 79.9. The second-order valence-electron chi connectivity index (χ2n) is 7.14. The van der Waals surface area contributed by atoms with Gasteiger partial charge in [-0.2, -0.15) is 0 Å². The van der Waals surface area contributed by atoms with Crippen molar-refractivity contribution in [3.8, 4) is 5.75 Å². The van der Waals surface area contributed by atoms with Crippen LogP contribution < -0.4 is 10.6 Å². The van der Waals surface area contributed by atoms with Crippen LogP contribution in [-0.4, -0.2) is 41.6 Å². The summed E-state index contributed by atoms with van der Waals surface area (Å²) in [5, 5.41) is 16.4. The summed E-state index contributed by atoms with van der Waals surface area (Å²) in [4.78, 5) is 12.0. The van der Waals surface area contributed by atoms with Crippen LogP contribution in [-0.2, 0) is 16.0 Å². The predicted octanol–water partition coefficient (Wildman–Crippen LogP) is 3.32. The smallest absolute Gasteiger partial charge is 0.407 e. The number of hydrogen-bond donors (Lipinski definition) is 3. The molecule has 1 saturated carbocycles. The van der Waals surface area contributed by atoms with Crippen LogP contribution in [0.25, 0.3) is 0 Å². The third-order valence-corrected chi connectivity index (χ3v) is 4.64. The third-order valence-electron chi connectivity index (χ3n) is 4.00. The van der Waals surface area contributed by atoms with Crippen molar-refractivity contribution >= 4 is 22.0 Å². The van der Waals surface area contributed by atoms with E-state index >= 15 is 0 Å². The zero-order chi connectivity index (χ0) is 18.6. The van der Waals surface area contributed by atoms with Gasteiger partial charge in [-0.3, -0.25) is 0 Å². The van der Waals surface area contributed by atoms with E-state index in [9.17, 15) is 9.90 Å². The third kappa shape index (κ3) is 5.59. The predicted molar refractivity (Wildman–Crippen MR) is 99.6 cm³/mol. The Morgan fingerprint density at radius 3 is 2.76 bits per heavy atom. The minimum atomic E-state index is -0.530. The summed E-state index contributed by atoms with van der Waals surface area (Å²) in [5.74, 6) is 0.221. The molecule has 140 valence electrons. The first-order chi connectivity index (χ1) is 11.7. The van der Waals surface area contributed by atoms with Gasteiger partial charge in [-0.05, 0) is 56.1 Å². The molecule has 0 heterocycles. The normalized spacial score (nSPS) is 23.0. The summed E-state index contributed by atoms with van der Waals surface area (Å²) in [6.07, 6.45) is 0.332. The molecule has 1 aromatic rings. The molecule has 25 heavy (non-hydrogen) atoms. The molecule has 1 aliphatic carbocycles. The molecule has 7 heteroatoms. The maximum absolute atomic E-state index is 12.0. The van der Waals surface area contributed by atoms with E-state index < -0.39 is 11.7 Å². The van der Waals surface area contributed by atoms with E-state index in [1.54, 1.807) is 6.07 Å². The van der Waals surface area contributed by atoms with Crippen molar-refractivity contribution in [2.24, 2.45) is 0 Å². The lowest BCUT2D eigenvalue weighted by molar-refractivity contribution is -0.0438. The highest BCUT2D eigenvalue weighted by molar-refractivity contribution is 9.10. The lowest BCUT2D eigenvalue weighted by atomic mass is 9.82. The SMILES string of the molecule is CCOC1CC(NC(=O)OC(C)(C)C)C1NCc1cccc(Br)c1O. The van der Waals surface area contributed by atoms with Crippen LogP contribution in [0.5, 0.6) is 5.75 Å². The number of hydrogen-bond acceptors (Lipinski definition) is 5. The van der Waals surface area contributed by atoms with Gasteiger partial charge in [0.1, 0.15) is 11.4 Å². The van der Waals surface area contributed by atoms with Gasteiger partial charge in [-0.25, -0.2) is 4.79 Å². The number of rotatable bonds is 6. The van der Waals surface area contributed by atoms with Crippen molar-refractivity contribution in [3.63, 3.8) is 0 Å². The Bertz CT molecular complexity index is 603. The van der Waals surface area contributed by atoms with Crippen LogP contribution in [0.15, 0.2) is 22.7 Å². The summed E-state index contributed by atoms with van der Waals surface area (Å²) in [6, 6.07) is 5.42. The zero-order valence-electron chi connectivity index (χ0n) is 15.1. The molecule has 2 rings (SSSR count). The lowest BCUT2D eigenvalue weighted by Gasteiger charge is -2.45. The van der Waals surface area contributed by atoms with E-state index in [1.807, 2.05) is 39.8 Å². The van der Waals surface area contributed by atoms with Crippen LogP contribution in [0.2, 0.25) is 0 Å². The fraction of sp³-hybridized carbons (Fsp3) is 0.611. The molecular weight excluding hydrogens is 388 g/mol. The Morgan fingerprint density at radius 1 is 1.40 bits per heavy atom. The van der Waals surface area contributed by atoms with Crippen molar-refractivity contribution in [2.45, 2.75) is 64.4 Å². The Labute approximate surface area is 157 Å². The maximum Gasteiger partial charge on any atom is 0.407 e. The number of phenolic OH excluding ortho intramolecular Hbond substituents is 1. The number of phenols is 1. The molecule has 0 aliphatic heterocycles. The summed E-state index contributed by atoms with van der Waals surface area (Å²) in [7, 11) is 0. The van der Waals surface area contributed by atoms with Gasteiger partial charge in [0, 0.05) is 18.7 Å². The number of aromatic hydroxyl groups is 1. The van der Waals surface area contributed by atoms with Gasteiger partial charge in [0.2, 0.25) is 0 Å². The number of carbonyl (C=O) groups excluding carboxylic acids is 1. The quantitative estimate of drug-likeness (QED) is 0.665. The molecule has 0 radical (unpaired) electrons. The minimum Gasteiger partial charge on any atom is -0.506 e. The first kappa shape index (κ1) is 20.0. The molecule has 0 spiro atoms. The molecule has 3 N–H and O–H groups in total. The first-order valence-electron chi connectivity index (χ1n) is 8.52. The Hall–Kier alpha value is -1.31. The fourth-order valence-corrected chi connectivity index (χ4v) is 3.21. The fourth-order valence-electron chi connectivity index (χ4n) is 2.80. The van der Waals surface area contributed by atoms with Gasteiger partial charge in [0.15, 0.2) is 0 Å². The Morgan fingerprint density at radius 2 is 2.12 bits per heavy atom. The lowest BCUT2D eigenvalue weighted by Crippen LogP contribution is -2.66. The van der Waals surface area contributed by atoms with Gasteiger partial charge in [0.05, 0.1) is 22.7 Å². The first-order valence-corrected chi connectivity index (χ1v) is 9.31. The molecule has 0 bridgehead atoms. The highest BCUT2D eigenvalue weighted by Crippen LogP contribution is 2.29. The average molecular weight is 415 g/mol. The number of para-hydroxylation sites is 1. The molecule has 3 unspecified atom stereocenters. The maximum atomic E-state index is 12.0. The van der Waals surface area contributed by atoms with Crippen LogP contribution in [0, 0.1) is 0 Å². The molecule has 0 aromatic heterocycles. The summed E-state index contributed by atoms with van der Waals surface area (Å²) < 4.78 is 11.7. The molecule has 1 aromatic carbocycles. The zero-order valence-corrected chi connectivity index (χ0v) is 16.7. The molecule has 0 saturated heterocycles. The Kier molecular flexibility index (Phi) is 6.71. The Balaban J connectivity index is 1.95. The number of halogens is 1. The van der Waals surface area contributed by atoms with Crippen molar-refractivity contribution in [1.82, 2.24) is 10.6 Å². The topological polar surface area (TPSA) is 79.8 Å². The van der Waals surface area contributed by atoms with E-state index in [0.717, 1.165) is 12.0 Å². The molecule has 1 aliphatic rings. The molecule has 1 fully saturated rings. The highest BCUT2D eigenvalue weighted by Gasteiger charge is 2.43. The van der Waals surface area contributed by atoms with Crippen LogP contribution >= 0.6 is 15.9 Å². The van der Waals surface area contributed by atoms with Gasteiger partial charge in [-0.15, -0.1) is 0 Å². The van der Waals surface area contributed by atoms with E-state index in [-0.39, 0.29) is 23.9 Å². The average Bonchev–Trinajstić information content (AvgIpc) is 2.48. The van der Waals surface area contributed by atoms with Gasteiger partial charge in [0.25, 0.3) is 0 Å². The number of carbonyl (C=O) groups is 1. The summed E-state index contributed by atoms with van der Waals surface area (Å²) in [6.45, 7) is 8.55. The van der Waals surface area contributed by atoms with E-state index in [0.29, 0.717) is 17.6 Å². The minimum absolute atomic E-state index is 0.0271. The van der Waals surface area contributed by atoms with Crippen LogP contribution in [0.1, 0.15) is 39.7 Å². The van der Waals surface area contributed by atoms with Gasteiger partial charge >= 0.3 is 6.09 Å². The molecular formula is C18H27BrN2O4. The van der Waals surface area contributed by atoms with Crippen molar-refractivity contribution < 1.29 is 19.4 Å². The number of amides is 1.